The number of carboxylic acids is 1. The maximum atomic E-state index is 13.3. The molecule has 29 heteroatoms. The van der Waals surface area contributed by atoms with E-state index >= 15 is 0 Å². The average Bonchev–Trinajstić information content (AvgIpc) is 3.27. The summed E-state index contributed by atoms with van der Waals surface area (Å²) in [6, 6.07) is -13.5. The SMILES string of the molecule is C[C@H](NC(=O)[C@H](C)NC(=O)[C@H](C)NC(=O)[C@H](CCC(N)=O)NC(=O)[C@H](C)NC(=O)[C@H](C)NC(=O)[C@H](C)NC(=O)[C@H](C)NC(=O)[C@@H](N)CCCN=C(N)N)C(=O)N[C@@H](C)C(=O)N[C@@H](CCCCN)C(=O)O. The summed E-state index contributed by atoms with van der Waals surface area (Å²) in [4.78, 5) is 155. The number of nitrogens with zero attached hydrogens (tertiary/aromatic N) is 1. The van der Waals surface area contributed by atoms with Crippen molar-refractivity contribution in [3.63, 3.8) is 0 Å². The lowest BCUT2D eigenvalue weighted by Crippen LogP contribution is -2.59. The van der Waals surface area contributed by atoms with Crippen molar-refractivity contribution in [2.75, 3.05) is 13.1 Å². The van der Waals surface area contributed by atoms with Crippen molar-refractivity contribution in [3.8, 4) is 0 Å². The summed E-state index contributed by atoms with van der Waals surface area (Å²) < 4.78 is 0. The lowest BCUT2D eigenvalue weighted by Gasteiger charge is -2.25. The summed E-state index contributed by atoms with van der Waals surface area (Å²) >= 11 is 0. The number of nitrogens with one attached hydrogen (secondary N) is 10. The molecule has 0 rings (SSSR count). The molecular formula is C41H74N16O13. The van der Waals surface area contributed by atoms with Crippen LogP contribution in [0.3, 0.4) is 0 Å². The Bertz CT molecular complexity index is 1900. The number of carbonyl (C=O) groups excluding carboxylic acids is 11. The molecule has 0 bridgehead atoms. The lowest BCUT2D eigenvalue weighted by molar-refractivity contribution is -0.142. The number of guanidine groups is 1. The molecule has 0 heterocycles. The van der Waals surface area contributed by atoms with E-state index in [1.165, 1.54) is 55.4 Å². The van der Waals surface area contributed by atoms with Gasteiger partial charge >= 0.3 is 5.97 Å². The highest BCUT2D eigenvalue weighted by Crippen LogP contribution is 2.04. The van der Waals surface area contributed by atoms with Crippen LogP contribution in [-0.4, -0.2) is 162 Å². The number of hydrogen-bond donors (Lipinski definition) is 16. The Morgan fingerprint density at radius 3 is 1.04 bits per heavy atom. The quantitative estimate of drug-likeness (QED) is 0.0169. The number of rotatable bonds is 32. The molecule has 0 fully saturated rings. The second-order valence-electron chi connectivity index (χ2n) is 16.6. The Morgan fingerprint density at radius 1 is 0.414 bits per heavy atom. The van der Waals surface area contributed by atoms with E-state index in [2.05, 4.69) is 58.2 Å². The Kier molecular flexibility index (Phi) is 28.5. The third-order valence-corrected chi connectivity index (χ3v) is 10.2. The molecule has 29 nitrogen and oxygen atoms in total. The molecule has 11 atom stereocenters. The second kappa shape index (κ2) is 31.8. The third kappa shape index (κ3) is 24.7. The van der Waals surface area contributed by atoms with E-state index in [9.17, 15) is 62.6 Å². The Labute approximate surface area is 405 Å². The van der Waals surface area contributed by atoms with E-state index < -0.39 is 137 Å². The predicted molar refractivity (Wildman–Crippen MR) is 252 cm³/mol. The van der Waals surface area contributed by atoms with E-state index in [0.717, 1.165) is 0 Å². The number of aliphatic imine (C=N–C) groups is 1. The molecule has 0 unspecified atom stereocenters. The van der Waals surface area contributed by atoms with E-state index in [4.69, 9.17) is 28.7 Å². The van der Waals surface area contributed by atoms with Crippen LogP contribution in [0.15, 0.2) is 4.99 Å². The van der Waals surface area contributed by atoms with Crippen molar-refractivity contribution in [2.24, 2.45) is 33.7 Å². The first-order valence-corrected chi connectivity index (χ1v) is 22.6. The number of carbonyl (C=O) groups is 12. The first kappa shape index (κ1) is 62.8. The van der Waals surface area contributed by atoms with Gasteiger partial charge in [-0.1, -0.05) is 0 Å². The largest absolute Gasteiger partial charge is 0.480 e. The number of carboxylic acid groups (broad SMARTS) is 1. The van der Waals surface area contributed by atoms with Crippen LogP contribution in [0.1, 0.15) is 100 Å². The maximum Gasteiger partial charge on any atom is 0.326 e. The molecule has 0 aromatic carbocycles. The Balaban J connectivity index is 5.27. The topological polar surface area (TPSA) is 488 Å². The molecule has 0 aromatic heterocycles. The lowest BCUT2D eigenvalue weighted by atomic mass is 10.1. The average molecular weight is 999 g/mol. The van der Waals surface area contributed by atoms with Gasteiger partial charge in [0.1, 0.15) is 60.4 Å². The minimum atomic E-state index is -1.47. The Hall–Kier alpha value is -7.17. The molecule has 0 radical (unpaired) electrons. The highest BCUT2D eigenvalue weighted by atomic mass is 16.4. The molecule has 21 N–H and O–H groups in total. The summed E-state index contributed by atoms with van der Waals surface area (Å²) in [5.74, 6) is -10.4. The molecule has 0 aliphatic rings. The van der Waals surface area contributed by atoms with Gasteiger partial charge in [0.2, 0.25) is 65.0 Å². The van der Waals surface area contributed by atoms with Gasteiger partial charge in [0.15, 0.2) is 5.96 Å². The van der Waals surface area contributed by atoms with Crippen LogP contribution in [0.2, 0.25) is 0 Å². The molecule has 0 aliphatic heterocycles. The van der Waals surface area contributed by atoms with Gasteiger partial charge in [-0.3, -0.25) is 57.7 Å². The number of amides is 11. The minimum Gasteiger partial charge on any atom is -0.480 e. The number of primary amides is 1. The molecule has 396 valence electrons. The summed E-state index contributed by atoms with van der Waals surface area (Å²) in [7, 11) is 0. The van der Waals surface area contributed by atoms with Crippen LogP contribution in [0.5, 0.6) is 0 Å². The summed E-state index contributed by atoms with van der Waals surface area (Å²) in [5, 5.41) is 33.2. The van der Waals surface area contributed by atoms with Gasteiger partial charge in [0, 0.05) is 13.0 Å². The van der Waals surface area contributed by atoms with Crippen LogP contribution in [0, 0.1) is 0 Å². The van der Waals surface area contributed by atoms with E-state index in [-0.39, 0.29) is 38.2 Å². The first-order chi connectivity index (χ1) is 32.5. The van der Waals surface area contributed by atoms with Crippen molar-refractivity contribution in [1.29, 1.82) is 0 Å². The third-order valence-electron chi connectivity index (χ3n) is 10.2. The molecule has 0 aromatic rings. The van der Waals surface area contributed by atoms with Gasteiger partial charge in [-0.25, -0.2) is 4.79 Å². The van der Waals surface area contributed by atoms with Crippen LogP contribution in [-0.2, 0) is 57.5 Å². The van der Waals surface area contributed by atoms with Gasteiger partial charge in [0.25, 0.3) is 0 Å². The molecule has 0 spiro atoms. The highest BCUT2D eigenvalue weighted by Gasteiger charge is 2.31. The zero-order valence-electron chi connectivity index (χ0n) is 40.9. The number of unbranched alkanes of at least 4 members (excludes halogenated alkanes) is 1. The predicted octanol–water partition coefficient (Wildman–Crippen LogP) is -7.15. The molecule has 0 aliphatic carbocycles. The fourth-order valence-electron chi connectivity index (χ4n) is 5.74. The first-order valence-electron chi connectivity index (χ1n) is 22.6. The highest BCUT2D eigenvalue weighted by molar-refractivity contribution is 5.98. The molecule has 0 saturated heterocycles. The van der Waals surface area contributed by atoms with Gasteiger partial charge in [-0.15, -0.1) is 0 Å². The van der Waals surface area contributed by atoms with Crippen LogP contribution in [0.25, 0.3) is 0 Å². The monoisotopic (exact) mass is 999 g/mol. The van der Waals surface area contributed by atoms with Gasteiger partial charge in [0.05, 0.1) is 6.04 Å². The zero-order chi connectivity index (χ0) is 54.0. The number of hydrogen-bond acceptors (Lipinski definition) is 15. The summed E-state index contributed by atoms with van der Waals surface area (Å²) in [5.41, 5.74) is 27.1. The number of nitrogens with two attached hydrogens (primary N) is 5. The zero-order valence-corrected chi connectivity index (χ0v) is 40.9. The normalized spacial score (nSPS) is 15.5. The molecule has 11 amide bonds. The standard InChI is InChI=1S/C41H74N16O13/c1-18(50-34(63)22(5)54-38(67)26(43)12-11-17-47-41(45)46)30(59)48-20(3)32(61)52-24(7)36(65)56-27(14-15-29(44)58)39(68)55-23(6)35(64)51-19(2)31(60)49-21(4)33(62)53-25(8)37(66)57-28(40(69)70)13-9-10-16-42/h18-28H,9-17,42-43H2,1-8H3,(H2,44,58)(H,48,59)(H,49,60)(H,50,63)(H,51,64)(H,52,61)(H,53,62)(H,54,67)(H,55,68)(H,56,65)(H,57,66)(H,69,70)(H4,45,46,47)/t18-,19-,20-,21-,22-,23-,24-,25-,26-,27-,28-/m0/s1. The number of aliphatic carboxylic acids is 1. The molecular weight excluding hydrogens is 925 g/mol. The summed E-state index contributed by atoms with van der Waals surface area (Å²) in [6.45, 7) is 11.0. The van der Waals surface area contributed by atoms with Crippen molar-refractivity contribution in [2.45, 2.75) is 167 Å². The van der Waals surface area contributed by atoms with Crippen molar-refractivity contribution in [3.05, 3.63) is 0 Å². The fourth-order valence-corrected chi connectivity index (χ4v) is 5.74. The van der Waals surface area contributed by atoms with Crippen LogP contribution in [0.4, 0.5) is 0 Å². The molecule has 0 saturated carbocycles. The van der Waals surface area contributed by atoms with Crippen LogP contribution >= 0.6 is 0 Å². The van der Waals surface area contributed by atoms with Crippen molar-refractivity contribution in [1.82, 2.24) is 53.2 Å². The van der Waals surface area contributed by atoms with Crippen molar-refractivity contribution >= 4 is 76.9 Å². The molecule has 70 heavy (non-hydrogen) atoms. The fraction of sp³-hybridized carbons (Fsp3) is 0.683. The summed E-state index contributed by atoms with van der Waals surface area (Å²) in [6.07, 6.45) is 1.04. The van der Waals surface area contributed by atoms with Gasteiger partial charge < -0.3 is 86.9 Å². The van der Waals surface area contributed by atoms with Crippen LogP contribution < -0.4 is 81.8 Å². The van der Waals surface area contributed by atoms with E-state index in [1.807, 2.05) is 0 Å². The minimum absolute atomic E-state index is 0.107. The Morgan fingerprint density at radius 2 is 0.729 bits per heavy atom. The van der Waals surface area contributed by atoms with E-state index in [1.54, 1.807) is 0 Å². The van der Waals surface area contributed by atoms with E-state index in [0.29, 0.717) is 25.8 Å². The van der Waals surface area contributed by atoms with Gasteiger partial charge in [-0.2, -0.15) is 0 Å². The second-order valence-corrected chi connectivity index (χ2v) is 16.6. The maximum absolute atomic E-state index is 13.3. The van der Waals surface area contributed by atoms with Crippen molar-refractivity contribution < 1.29 is 62.6 Å². The smallest absolute Gasteiger partial charge is 0.326 e. The van der Waals surface area contributed by atoms with Gasteiger partial charge in [-0.05, 0) is 100 Å².